The first-order valence-corrected chi connectivity index (χ1v) is 3.55. The zero-order valence-electron chi connectivity index (χ0n) is 6.09. The molecule has 1 aliphatic rings. The van der Waals surface area contributed by atoms with Crippen molar-refractivity contribution < 1.29 is 5.11 Å². The number of hydrogen-bond acceptors (Lipinski definition) is 1. The predicted molar refractivity (Wildman–Crippen MR) is 38.2 cm³/mol. The van der Waals surface area contributed by atoms with Gasteiger partial charge in [-0.1, -0.05) is 18.6 Å². The summed E-state index contributed by atoms with van der Waals surface area (Å²) in [5, 5.41) is 9.15. The van der Waals surface area contributed by atoms with E-state index in [9.17, 15) is 0 Å². The van der Waals surface area contributed by atoms with Crippen LogP contribution in [-0.2, 0) is 0 Å². The Kier molecular flexibility index (Phi) is 1.91. The van der Waals surface area contributed by atoms with Crippen molar-refractivity contribution in [1.82, 2.24) is 0 Å². The molecule has 0 aromatic rings. The molecule has 0 fully saturated rings. The highest BCUT2D eigenvalue weighted by atomic mass is 16.3. The lowest BCUT2D eigenvalue weighted by atomic mass is 9.89. The van der Waals surface area contributed by atoms with E-state index in [0.29, 0.717) is 5.92 Å². The normalized spacial score (nSPS) is 36.1. The largest absolute Gasteiger partial charge is 0.393 e. The van der Waals surface area contributed by atoms with Crippen LogP contribution in [0.2, 0.25) is 0 Å². The Morgan fingerprint density at radius 3 is 2.78 bits per heavy atom. The van der Waals surface area contributed by atoms with Gasteiger partial charge in [0.05, 0.1) is 6.10 Å². The topological polar surface area (TPSA) is 20.2 Å². The number of allylic oxidation sites excluding steroid dienone is 1. The summed E-state index contributed by atoms with van der Waals surface area (Å²) in [6.45, 7) is 4.30. The lowest BCUT2D eigenvalue weighted by Gasteiger charge is -2.21. The van der Waals surface area contributed by atoms with E-state index in [-0.39, 0.29) is 6.10 Å². The third-order valence-corrected chi connectivity index (χ3v) is 2.11. The summed E-state index contributed by atoms with van der Waals surface area (Å²) in [7, 11) is 0. The van der Waals surface area contributed by atoms with Gasteiger partial charge in [-0.2, -0.15) is 0 Å². The molecule has 2 atom stereocenters. The van der Waals surface area contributed by atoms with Gasteiger partial charge in [0.2, 0.25) is 0 Å². The molecule has 0 spiro atoms. The minimum Gasteiger partial charge on any atom is -0.393 e. The number of hydrogen-bond donors (Lipinski definition) is 1. The molecule has 1 heteroatoms. The van der Waals surface area contributed by atoms with Crippen LogP contribution in [0.15, 0.2) is 11.6 Å². The molecular weight excluding hydrogens is 112 g/mol. The fourth-order valence-electron chi connectivity index (χ4n) is 1.21. The minimum absolute atomic E-state index is 0.0799. The summed E-state index contributed by atoms with van der Waals surface area (Å²) in [5.41, 5.74) is 1.43. The summed E-state index contributed by atoms with van der Waals surface area (Å²) in [6, 6.07) is 0. The van der Waals surface area contributed by atoms with E-state index in [1.165, 1.54) is 5.57 Å². The van der Waals surface area contributed by atoms with Gasteiger partial charge in [-0.25, -0.2) is 0 Å². The number of rotatable bonds is 0. The van der Waals surface area contributed by atoms with E-state index in [2.05, 4.69) is 19.9 Å². The van der Waals surface area contributed by atoms with Crippen molar-refractivity contribution in [2.75, 3.05) is 0 Å². The molecule has 0 aromatic heterocycles. The number of aliphatic hydroxyl groups is 1. The van der Waals surface area contributed by atoms with Crippen LogP contribution in [0.5, 0.6) is 0 Å². The highest BCUT2D eigenvalue weighted by Crippen LogP contribution is 2.23. The van der Waals surface area contributed by atoms with E-state index in [0.717, 1.165) is 12.8 Å². The van der Waals surface area contributed by atoms with E-state index < -0.39 is 0 Å². The maximum Gasteiger partial charge on any atom is 0.0580 e. The Hall–Kier alpha value is -0.300. The Morgan fingerprint density at radius 2 is 2.33 bits per heavy atom. The Balaban J connectivity index is 2.56. The molecule has 0 amide bonds. The average Bonchev–Trinajstić information content (AvgIpc) is 1.80. The SMILES string of the molecule is CC1=CC[C@@H](O)C[C@@H]1C. The van der Waals surface area contributed by atoms with Crippen molar-refractivity contribution in [3.63, 3.8) is 0 Å². The van der Waals surface area contributed by atoms with Crippen molar-refractivity contribution >= 4 is 0 Å². The first-order chi connectivity index (χ1) is 4.20. The van der Waals surface area contributed by atoms with Gasteiger partial charge in [0.25, 0.3) is 0 Å². The van der Waals surface area contributed by atoms with E-state index >= 15 is 0 Å². The third-order valence-electron chi connectivity index (χ3n) is 2.11. The Morgan fingerprint density at radius 1 is 1.67 bits per heavy atom. The van der Waals surface area contributed by atoms with Crippen molar-refractivity contribution in [3.8, 4) is 0 Å². The maximum atomic E-state index is 9.15. The van der Waals surface area contributed by atoms with Gasteiger partial charge in [-0.3, -0.25) is 0 Å². The average molecular weight is 126 g/mol. The van der Waals surface area contributed by atoms with Gasteiger partial charge in [-0.15, -0.1) is 0 Å². The first-order valence-electron chi connectivity index (χ1n) is 3.55. The van der Waals surface area contributed by atoms with Gasteiger partial charge < -0.3 is 5.11 Å². The summed E-state index contributed by atoms with van der Waals surface area (Å²) >= 11 is 0. The third kappa shape index (κ3) is 1.55. The predicted octanol–water partition coefficient (Wildman–Crippen LogP) is 1.72. The van der Waals surface area contributed by atoms with Crippen LogP contribution in [0.3, 0.4) is 0 Å². The zero-order chi connectivity index (χ0) is 6.85. The van der Waals surface area contributed by atoms with Gasteiger partial charge >= 0.3 is 0 Å². The highest BCUT2D eigenvalue weighted by molar-refractivity contribution is 5.07. The molecular formula is C8H14O. The van der Waals surface area contributed by atoms with Crippen molar-refractivity contribution in [1.29, 1.82) is 0 Å². The zero-order valence-corrected chi connectivity index (χ0v) is 6.09. The van der Waals surface area contributed by atoms with Crippen LogP contribution in [0.4, 0.5) is 0 Å². The molecule has 9 heavy (non-hydrogen) atoms. The van der Waals surface area contributed by atoms with Crippen LogP contribution in [0, 0.1) is 5.92 Å². The second-order valence-corrected chi connectivity index (χ2v) is 2.97. The van der Waals surface area contributed by atoms with Gasteiger partial charge in [0.1, 0.15) is 0 Å². The van der Waals surface area contributed by atoms with Crippen LogP contribution < -0.4 is 0 Å². The molecule has 1 aliphatic carbocycles. The second kappa shape index (κ2) is 2.53. The molecule has 1 N–H and O–H groups in total. The Labute approximate surface area is 56.4 Å². The molecule has 1 rings (SSSR count). The van der Waals surface area contributed by atoms with E-state index in [1.54, 1.807) is 0 Å². The molecule has 0 saturated carbocycles. The molecule has 0 heterocycles. The molecule has 52 valence electrons. The lowest BCUT2D eigenvalue weighted by Crippen LogP contribution is -2.16. The summed E-state index contributed by atoms with van der Waals surface area (Å²) in [6.07, 6.45) is 3.86. The lowest BCUT2D eigenvalue weighted by molar-refractivity contribution is 0.147. The van der Waals surface area contributed by atoms with Crippen LogP contribution in [0.1, 0.15) is 26.7 Å². The summed E-state index contributed by atoms with van der Waals surface area (Å²) in [5.74, 6) is 0.591. The fourth-order valence-corrected chi connectivity index (χ4v) is 1.21. The van der Waals surface area contributed by atoms with Crippen LogP contribution in [0.25, 0.3) is 0 Å². The number of aliphatic hydroxyl groups excluding tert-OH is 1. The molecule has 1 nitrogen and oxygen atoms in total. The van der Waals surface area contributed by atoms with Gasteiger partial charge in [-0.05, 0) is 25.7 Å². The molecule has 0 aromatic carbocycles. The quantitative estimate of drug-likeness (QED) is 0.490. The van der Waals surface area contributed by atoms with Crippen LogP contribution >= 0.6 is 0 Å². The maximum absolute atomic E-state index is 9.15. The molecule has 0 saturated heterocycles. The summed E-state index contributed by atoms with van der Waals surface area (Å²) in [4.78, 5) is 0. The summed E-state index contributed by atoms with van der Waals surface area (Å²) < 4.78 is 0. The van der Waals surface area contributed by atoms with Crippen LogP contribution in [-0.4, -0.2) is 11.2 Å². The van der Waals surface area contributed by atoms with Gasteiger partial charge in [0.15, 0.2) is 0 Å². The van der Waals surface area contributed by atoms with Crippen molar-refractivity contribution in [2.45, 2.75) is 32.8 Å². The van der Waals surface area contributed by atoms with E-state index in [1.807, 2.05) is 0 Å². The molecule has 0 unspecified atom stereocenters. The highest BCUT2D eigenvalue weighted by Gasteiger charge is 2.15. The van der Waals surface area contributed by atoms with Gasteiger partial charge in [0, 0.05) is 0 Å². The first kappa shape index (κ1) is 6.81. The monoisotopic (exact) mass is 126 g/mol. The molecule has 0 bridgehead atoms. The second-order valence-electron chi connectivity index (χ2n) is 2.97. The minimum atomic E-state index is -0.0799. The van der Waals surface area contributed by atoms with E-state index in [4.69, 9.17) is 5.11 Å². The fraction of sp³-hybridized carbons (Fsp3) is 0.750. The standard InChI is InChI=1S/C8H14O/c1-6-3-4-8(9)5-7(6)2/h3,7-9H,4-5H2,1-2H3/t7-,8+/m0/s1. The van der Waals surface area contributed by atoms with Crippen molar-refractivity contribution in [2.24, 2.45) is 5.92 Å². The molecule has 0 aliphatic heterocycles. The van der Waals surface area contributed by atoms with Crippen molar-refractivity contribution in [3.05, 3.63) is 11.6 Å². The smallest absolute Gasteiger partial charge is 0.0580 e. The molecule has 0 radical (unpaired) electrons. The Bertz CT molecular complexity index is 127.